The molecule has 22 heavy (non-hydrogen) atoms. The summed E-state index contributed by atoms with van der Waals surface area (Å²) in [4.78, 5) is 11.7. The molecule has 1 rings (SSSR count). The maximum absolute atomic E-state index is 11.7. The fourth-order valence-corrected chi connectivity index (χ4v) is 2.14. The summed E-state index contributed by atoms with van der Waals surface area (Å²) in [6, 6.07) is 4.37. The number of phenols is 2. The highest BCUT2D eigenvalue weighted by Crippen LogP contribution is 2.25. The SMILES string of the molecule is CCCCCCCC(C)OC(=O)C=Cc1ccc(O)c(O)c1. The Kier molecular flexibility index (Phi) is 8.11. The van der Waals surface area contributed by atoms with Gasteiger partial charge in [-0.05, 0) is 43.5 Å². The molecular formula is C18H26O4. The molecule has 1 aromatic carbocycles. The van der Waals surface area contributed by atoms with Gasteiger partial charge in [0.25, 0.3) is 0 Å². The van der Waals surface area contributed by atoms with Crippen LogP contribution in [0.15, 0.2) is 24.3 Å². The van der Waals surface area contributed by atoms with Crippen LogP contribution >= 0.6 is 0 Å². The lowest BCUT2D eigenvalue weighted by molar-refractivity contribution is -0.142. The molecule has 2 N–H and O–H groups in total. The van der Waals surface area contributed by atoms with E-state index in [1.807, 2.05) is 6.92 Å². The number of rotatable bonds is 9. The van der Waals surface area contributed by atoms with Gasteiger partial charge < -0.3 is 14.9 Å². The smallest absolute Gasteiger partial charge is 0.331 e. The Bertz CT molecular complexity index is 494. The third-order valence-electron chi connectivity index (χ3n) is 3.44. The Morgan fingerprint density at radius 1 is 1.18 bits per heavy atom. The highest BCUT2D eigenvalue weighted by molar-refractivity contribution is 5.87. The highest BCUT2D eigenvalue weighted by atomic mass is 16.5. The summed E-state index contributed by atoms with van der Waals surface area (Å²) in [5, 5.41) is 18.6. The van der Waals surface area contributed by atoms with Crippen molar-refractivity contribution in [3.8, 4) is 11.5 Å². The van der Waals surface area contributed by atoms with Gasteiger partial charge in [-0.2, -0.15) is 0 Å². The molecule has 1 aromatic rings. The zero-order valence-corrected chi connectivity index (χ0v) is 13.4. The van der Waals surface area contributed by atoms with Crippen LogP contribution in [0.1, 0.15) is 57.9 Å². The van der Waals surface area contributed by atoms with Crippen molar-refractivity contribution in [1.82, 2.24) is 0 Å². The van der Waals surface area contributed by atoms with Gasteiger partial charge in [-0.1, -0.05) is 38.7 Å². The third-order valence-corrected chi connectivity index (χ3v) is 3.44. The van der Waals surface area contributed by atoms with Crippen molar-refractivity contribution in [1.29, 1.82) is 0 Å². The topological polar surface area (TPSA) is 66.8 Å². The normalized spacial score (nSPS) is 12.5. The summed E-state index contributed by atoms with van der Waals surface area (Å²) < 4.78 is 5.29. The number of benzene rings is 1. The molecule has 4 nitrogen and oxygen atoms in total. The minimum Gasteiger partial charge on any atom is -0.504 e. The Labute approximate surface area is 132 Å². The zero-order chi connectivity index (χ0) is 16.4. The molecule has 0 aliphatic heterocycles. The predicted molar refractivity (Wildman–Crippen MR) is 87.7 cm³/mol. The molecule has 0 aliphatic rings. The van der Waals surface area contributed by atoms with E-state index in [2.05, 4.69) is 6.92 Å². The van der Waals surface area contributed by atoms with E-state index in [0.29, 0.717) is 5.56 Å². The largest absolute Gasteiger partial charge is 0.504 e. The summed E-state index contributed by atoms with van der Waals surface area (Å²) in [7, 11) is 0. The number of unbranched alkanes of at least 4 members (excludes halogenated alkanes) is 4. The molecule has 0 saturated carbocycles. The summed E-state index contributed by atoms with van der Waals surface area (Å²) in [5.41, 5.74) is 0.625. The van der Waals surface area contributed by atoms with E-state index in [0.717, 1.165) is 12.8 Å². The minimum absolute atomic E-state index is 0.0907. The second-order valence-electron chi connectivity index (χ2n) is 5.53. The lowest BCUT2D eigenvalue weighted by atomic mass is 10.1. The van der Waals surface area contributed by atoms with Gasteiger partial charge in [0.2, 0.25) is 0 Å². The van der Waals surface area contributed by atoms with Crippen molar-refractivity contribution in [2.24, 2.45) is 0 Å². The number of hydrogen-bond acceptors (Lipinski definition) is 4. The lowest BCUT2D eigenvalue weighted by Gasteiger charge is -2.11. The lowest BCUT2D eigenvalue weighted by Crippen LogP contribution is -2.12. The van der Waals surface area contributed by atoms with Crippen molar-refractivity contribution in [3.63, 3.8) is 0 Å². The summed E-state index contributed by atoms with van der Waals surface area (Å²) in [6.45, 7) is 4.09. The molecule has 0 aliphatic carbocycles. The molecule has 0 aromatic heterocycles. The molecule has 0 fully saturated rings. The first kappa shape index (κ1) is 18.1. The van der Waals surface area contributed by atoms with Crippen molar-refractivity contribution in [2.75, 3.05) is 0 Å². The molecule has 4 heteroatoms. The molecule has 1 unspecified atom stereocenters. The fraction of sp³-hybridized carbons (Fsp3) is 0.500. The standard InChI is InChI=1S/C18H26O4/c1-3-4-5-6-7-8-14(2)22-18(21)12-10-15-9-11-16(19)17(20)13-15/h9-14,19-20H,3-8H2,1-2H3. The summed E-state index contributed by atoms with van der Waals surface area (Å²) in [6.07, 6.45) is 9.65. The van der Waals surface area contributed by atoms with E-state index in [1.165, 1.54) is 43.9 Å². The predicted octanol–water partition coefficient (Wildman–Crippen LogP) is 4.40. The first-order chi connectivity index (χ1) is 10.5. The summed E-state index contributed by atoms with van der Waals surface area (Å²) in [5.74, 6) is -0.791. The van der Waals surface area contributed by atoms with Crippen LogP contribution < -0.4 is 0 Å². The van der Waals surface area contributed by atoms with Gasteiger partial charge >= 0.3 is 5.97 Å². The third kappa shape index (κ3) is 7.16. The van der Waals surface area contributed by atoms with Crippen LogP contribution in [0.3, 0.4) is 0 Å². The number of esters is 1. The van der Waals surface area contributed by atoms with Crippen LogP contribution in [-0.4, -0.2) is 22.3 Å². The number of carbonyl (C=O) groups is 1. The zero-order valence-electron chi connectivity index (χ0n) is 13.4. The molecule has 0 amide bonds. The van der Waals surface area contributed by atoms with E-state index in [-0.39, 0.29) is 17.6 Å². The first-order valence-corrected chi connectivity index (χ1v) is 7.93. The van der Waals surface area contributed by atoms with E-state index in [1.54, 1.807) is 12.1 Å². The van der Waals surface area contributed by atoms with Gasteiger partial charge in [-0.15, -0.1) is 0 Å². The van der Waals surface area contributed by atoms with Gasteiger partial charge in [0.05, 0.1) is 6.10 Å². The molecular weight excluding hydrogens is 280 g/mol. The highest BCUT2D eigenvalue weighted by Gasteiger charge is 2.06. The Morgan fingerprint density at radius 2 is 1.91 bits per heavy atom. The first-order valence-electron chi connectivity index (χ1n) is 7.93. The van der Waals surface area contributed by atoms with E-state index < -0.39 is 5.97 Å². The second-order valence-corrected chi connectivity index (χ2v) is 5.53. The quantitative estimate of drug-likeness (QED) is 0.307. The van der Waals surface area contributed by atoms with Crippen molar-refractivity contribution >= 4 is 12.0 Å². The molecule has 0 bridgehead atoms. The number of phenolic OH excluding ortho intramolecular Hbond substituents is 2. The van der Waals surface area contributed by atoms with Gasteiger partial charge in [-0.25, -0.2) is 4.79 Å². The summed E-state index contributed by atoms with van der Waals surface area (Å²) >= 11 is 0. The number of hydrogen-bond donors (Lipinski definition) is 2. The maximum Gasteiger partial charge on any atom is 0.331 e. The van der Waals surface area contributed by atoms with Crippen LogP contribution in [0.2, 0.25) is 0 Å². The minimum atomic E-state index is -0.395. The van der Waals surface area contributed by atoms with Gasteiger partial charge in [0.15, 0.2) is 11.5 Å². The van der Waals surface area contributed by atoms with Crippen LogP contribution in [0, 0.1) is 0 Å². The Hall–Kier alpha value is -1.97. The van der Waals surface area contributed by atoms with Crippen LogP contribution in [0.25, 0.3) is 6.08 Å². The van der Waals surface area contributed by atoms with E-state index in [9.17, 15) is 15.0 Å². The monoisotopic (exact) mass is 306 g/mol. The second kappa shape index (κ2) is 9.87. The van der Waals surface area contributed by atoms with Crippen LogP contribution in [0.5, 0.6) is 11.5 Å². The van der Waals surface area contributed by atoms with Gasteiger partial charge in [0.1, 0.15) is 0 Å². The molecule has 1 atom stereocenters. The van der Waals surface area contributed by atoms with Crippen LogP contribution in [0.4, 0.5) is 0 Å². The van der Waals surface area contributed by atoms with Gasteiger partial charge in [0, 0.05) is 6.08 Å². The molecule has 122 valence electrons. The average molecular weight is 306 g/mol. The van der Waals surface area contributed by atoms with E-state index >= 15 is 0 Å². The van der Waals surface area contributed by atoms with Crippen molar-refractivity contribution in [2.45, 2.75) is 58.5 Å². The Balaban J connectivity index is 2.32. The number of aromatic hydroxyl groups is 2. The molecule has 0 spiro atoms. The molecule has 0 saturated heterocycles. The van der Waals surface area contributed by atoms with Crippen molar-refractivity contribution < 1.29 is 19.7 Å². The fourth-order valence-electron chi connectivity index (χ4n) is 2.14. The number of carbonyl (C=O) groups excluding carboxylic acids is 1. The van der Waals surface area contributed by atoms with Gasteiger partial charge in [-0.3, -0.25) is 0 Å². The maximum atomic E-state index is 11.7. The average Bonchev–Trinajstić information content (AvgIpc) is 2.48. The van der Waals surface area contributed by atoms with Crippen LogP contribution in [-0.2, 0) is 9.53 Å². The molecule has 0 heterocycles. The Morgan fingerprint density at radius 3 is 2.59 bits per heavy atom. The number of ether oxygens (including phenoxy) is 1. The molecule has 0 radical (unpaired) electrons. The van der Waals surface area contributed by atoms with E-state index in [4.69, 9.17) is 4.74 Å². The van der Waals surface area contributed by atoms with Crippen molar-refractivity contribution in [3.05, 3.63) is 29.8 Å².